The fraction of sp³-hybridized carbons (Fsp3) is 0.421. The van der Waals surface area contributed by atoms with Crippen molar-refractivity contribution in [1.82, 2.24) is 4.90 Å². The lowest BCUT2D eigenvalue weighted by Gasteiger charge is -2.26. The minimum Gasteiger partial charge on any atom is -0.480 e. The lowest BCUT2D eigenvalue weighted by molar-refractivity contribution is -0.142. The Bertz CT molecular complexity index is 749. The second kappa shape index (κ2) is 7.19. The zero-order valence-corrected chi connectivity index (χ0v) is 15.1. The molecule has 1 saturated heterocycles. The van der Waals surface area contributed by atoms with Crippen LogP contribution in [0.3, 0.4) is 0 Å². The Morgan fingerprint density at radius 2 is 1.81 bits per heavy atom. The van der Waals surface area contributed by atoms with Gasteiger partial charge in [-0.2, -0.15) is 0 Å². The predicted octanol–water partition coefficient (Wildman–Crippen LogP) is 3.11. The van der Waals surface area contributed by atoms with Crippen LogP contribution in [0.2, 0.25) is 0 Å². The molecule has 1 aromatic carbocycles. The highest BCUT2D eigenvalue weighted by Gasteiger charge is 2.42. The van der Waals surface area contributed by atoms with Crippen LogP contribution in [-0.4, -0.2) is 51.3 Å². The highest BCUT2D eigenvalue weighted by atomic mass is 16.6. The van der Waals surface area contributed by atoms with Crippen molar-refractivity contribution >= 4 is 23.6 Å². The summed E-state index contributed by atoms with van der Waals surface area (Å²) in [6.45, 7) is 9.30. The van der Waals surface area contributed by atoms with Gasteiger partial charge in [-0.25, -0.2) is 14.4 Å². The third-order valence-corrected chi connectivity index (χ3v) is 4.19. The first-order valence-corrected chi connectivity index (χ1v) is 8.24. The number of likely N-dealkylation sites (tertiary alicyclic amines) is 1. The molecule has 2 unspecified atom stereocenters. The molecule has 0 spiro atoms. The van der Waals surface area contributed by atoms with E-state index in [-0.39, 0.29) is 24.4 Å². The summed E-state index contributed by atoms with van der Waals surface area (Å²) < 4.78 is 5.30. The second-order valence-corrected chi connectivity index (χ2v) is 7.33. The van der Waals surface area contributed by atoms with Gasteiger partial charge >= 0.3 is 18.0 Å². The molecule has 7 heteroatoms. The number of ether oxygens (including phenoxy) is 1. The van der Waals surface area contributed by atoms with Gasteiger partial charge in [0.15, 0.2) is 0 Å². The van der Waals surface area contributed by atoms with Crippen LogP contribution in [0.4, 0.5) is 4.79 Å². The smallest absolute Gasteiger partial charge is 0.411 e. The maximum Gasteiger partial charge on any atom is 0.411 e. The third kappa shape index (κ3) is 4.41. The van der Waals surface area contributed by atoms with E-state index in [1.165, 1.54) is 17.0 Å². The van der Waals surface area contributed by atoms with E-state index >= 15 is 0 Å². The molecule has 1 amide bonds. The Kier molecular flexibility index (Phi) is 5.39. The number of amides is 1. The van der Waals surface area contributed by atoms with E-state index < -0.39 is 29.7 Å². The zero-order valence-electron chi connectivity index (χ0n) is 15.1. The van der Waals surface area contributed by atoms with Crippen molar-refractivity contribution in [2.24, 2.45) is 5.92 Å². The fourth-order valence-corrected chi connectivity index (χ4v) is 2.93. The molecule has 7 nitrogen and oxygen atoms in total. The molecule has 0 aliphatic carbocycles. The number of carboxylic acid groups (broad SMARTS) is 2. The van der Waals surface area contributed by atoms with Crippen LogP contribution in [0.1, 0.15) is 43.1 Å². The molecule has 26 heavy (non-hydrogen) atoms. The minimum absolute atomic E-state index is 0.125. The first-order chi connectivity index (χ1) is 12.0. The molecule has 0 bridgehead atoms. The van der Waals surface area contributed by atoms with Crippen LogP contribution in [-0.2, 0) is 9.53 Å². The molecular formula is C19H23NO6. The number of hydrogen-bond donors (Lipinski definition) is 2. The number of rotatable bonds is 4. The van der Waals surface area contributed by atoms with Gasteiger partial charge in [0.05, 0.1) is 5.56 Å². The average Bonchev–Trinajstić information content (AvgIpc) is 2.98. The van der Waals surface area contributed by atoms with Crippen molar-refractivity contribution in [3.8, 4) is 0 Å². The molecule has 1 aliphatic heterocycles. The minimum atomic E-state index is -1.11. The lowest BCUT2D eigenvalue weighted by Crippen LogP contribution is -2.43. The summed E-state index contributed by atoms with van der Waals surface area (Å²) in [6, 6.07) is 5.30. The van der Waals surface area contributed by atoms with Crippen molar-refractivity contribution in [2.45, 2.75) is 38.8 Å². The first kappa shape index (κ1) is 19.5. The average molecular weight is 361 g/mol. The number of carboxylic acids is 2. The van der Waals surface area contributed by atoms with Gasteiger partial charge in [0.2, 0.25) is 0 Å². The van der Waals surface area contributed by atoms with E-state index in [0.717, 1.165) is 0 Å². The van der Waals surface area contributed by atoms with Gasteiger partial charge in [0.1, 0.15) is 11.6 Å². The van der Waals surface area contributed by atoms with Gasteiger partial charge in [0, 0.05) is 12.5 Å². The van der Waals surface area contributed by atoms with Crippen LogP contribution in [0.25, 0.3) is 5.57 Å². The monoisotopic (exact) mass is 361 g/mol. The molecule has 1 aromatic rings. The van der Waals surface area contributed by atoms with E-state index in [1.54, 1.807) is 32.9 Å². The zero-order chi connectivity index (χ0) is 19.6. The van der Waals surface area contributed by atoms with E-state index in [0.29, 0.717) is 11.1 Å². The molecule has 1 aliphatic rings. The number of benzene rings is 1. The summed E-state index contributed by atoms with van der Waals surface area (Å²) in [5, 5.41) is 18.6. The summed E-state index contributed by atoms with van der Waals surface area (Å²) in [5.74, 6) is -2.46. The van der Waals surface area contributed by atoms with Crippen molar-refractivity contribution < 1.29 is 29.3 Å². The SMILES string of the molecule is C=C(c1cccc(C(=O)O)c1)C1CC(C(=O)O)N(C(=O)OC(C)(C)C)C1. The van der Waals surface area contributed by atoms with Gasteiger partial charge in [-0.05, 0) is 50.5 Å². The van der Waals surface area contributed by atoms with Crippen molar-refractivity contribution in [3.05, 3.63) is 42.0 Å². The van der Waals surface area contributed by atoms with Crippen LogP contribution in [0.15, 0.2) is 30.8 Å². The Balaban J connectivity index is 2.22. The maximum atomic E-state index is 12.4. The van der Waals surface area contributed by atoms with E-state index in [2.05, 4.69) is 6.58 Å². The Labute approximate surface area is 151 Å². The largest absolute Gasteiger partial charge is 0.480 e. The molecule has 140 valence electrons. The van der Waals surface area contributed by atoms with Crippen molar-refractivity contribution in [2.75, 3.05) is 6.54 Å². The molecule has 1 heterocycles. The van der Waals surface area contributed by atoms with E-state index in [4.69, 9.17) is 9.84 Å². The quantitative estimate of drug-likeness (QED) is 0.854. The van der Waals surface area contributed by atoms with Crippen LogP contribution in [0, 0.1) is 5.92 Å². The number of carbonyl (C=O) groups is 3. The number of hydrogen-bond acceptors (Lipinski definition) is 4. The molecule has 2 atom stereocenters. The number of carbonyl (C=O) groups excluding carboxylic acids is 1. The Morgan fingerprint density at radius 3 is 2.35 bits per heavy atom. The van der Waals surface area contributed by atoms with Gasteiger partial charge in [-0.3, -0.25) is 4.90 Å². The predicted molar refractivity (Wildman–Crippen MR) is 94.9 cm³/mol. The Morgan fingerprint density at radius 1 is 1.19 bits per heavy atom. The number of aromatic carboxylic acids is 1. The number of aliphatic carboxylic acids is 1. The molecule has 0 aromatic heterocycles. The standard InChI is InChI=1S/C19H23NO6/c1-11(12-6-5-7-13(8-12)16(21)22)14-9-15(17(23)24)20(10-14)18(25)26-19(2,3)4/h5-8,14-15H,1,9-10H2,2-4H3,(H,21,22)(H,23,24). The number of nitrogens with zero attached hydrogens (tertiary/aromatic N) is 1. The molecule has 0 saturated carbocycles. The van der Waals surface area contributed by atoms with Crippen LogP contribution in [0.5, 0.6) is 0 Å². The summed E-state index contributed by atoms with van der Waals surface area (Å²) in [6.07, 6.45) is -0.482. The van der Waals surface area contributed by atoms with Gasteiger partial charge < -0.3 is 14.9 Å². The van der Waals surface area contributed by atoms with Gasteiger partial charge in [-0.15, -0.1) is 0 Å². The molecule has 2 N–H and O–H groups in total. The second-order valence-electron chi connectivity index (χ2n) is 7.33. The fourth-order valence-electron chi connectivity index (χ4n) is 2.93. The van der Waals surface area contributed by atoms with E-state index in [9.17, 15) is 19.5 Å². The van der Waals surface area contributed by atoms with Crippen molar-refractivity contribution in [1.29, 1.82) is 0 Å². The van der Waals surface area contributed by atoms with Crippen molar-refractivity contribution in [3.63, 3.8) is 0 Å². The van der Waals surface area contributed by atoms with E-state index in [1.807, 2.05) is 0 Å². The van der Waals surface area contributed by atoms with Crippen LogP contribution >= 0.6 is 0 Å². The summed E-state index contributed by atoms with van der Waals surface area (Å²) in [5.41, 5.74) is 0.612. The van der Waals surface area contributed by atoms with Gasteiger partial charge in [0.25, 0.3) is 0 Å². The molecule has 1 fully saturated rings. The summed E-state index contributed by atoms with van der Waals surface area (Å²) in [4.78, 5) is 36.3. The molecule has 2 rings (SSSR count). The maximum absolute atomic E-state index is 12.4. The summed E-state index contributed by atoms with van der Waals surface area (Å²) >= 11 is 0. The van der Waals surface area contributed by atoms with Crippen LogP contribution < -0.4 is 0 Å². The third-order valence-electron chi connectivity index (χ3n) is 4.19. The topological polar surface area (TPSA) is 104 Å². The molecular weight excluding hydrogens is 338 g/mol. The first-order valence-electron chi connectivity index (χ1n) is 8.24. The Hall–Kier alpha value is -2.83. The lowest BCUT2D eigenvalue weighted by atomic mass is 9.91. The summed E-state index contributed by atoms with van der Waals surface area (Å²) in [7, 11) is 0. The van der Waals surface area contributed by atoms with Gasteiger partial charge in [-0.1, -0.05) is 18.7 Å². The molecule has 0 radical (unpaired) electrons. The normalized spacial score (nSPS) is 19.9. The highest BCUT2D eigenvalue weighted by molar-refractivity contribution is 5.89. The highest BCUT2D eigenvalue weighted by Crippen LogP contribution is 2.34.